The van der Waals surface area contributed by atoms with Crippen LogP contribution in [0.2, 0.25) is 0 Å². The first-order chi connectivity index (χ1) is 9.69. The van der Waals surface area contributed by atoms with E-state index < -0.39 is 0 Å². The van der Waals surface area contributed by atoms with Gasteiger partial charge in [0.15, 0.2) is 5.69 Å². The summed E-state index contributed by atoms with van der Waals surface area (Å²) in [5.74, 6) is -0.270. The van der Waals surface area contributed by atoms with Crippen molar-refractivity contribution < 1.29 is 9.13 Å². The molecule has 0 aromatic heterocycles. The first-order valence-corrected chi connectivity index (χ1v) is 6.93. The summed E-state index contributed by atoms with van der Waals surface area (Å²) in [4.78, 5) is 5.80. The number of morpholine rings is 1. The maximum atomic E-state index is 14.2. The monoisotopic (exact) mass is 275 g/mol. The minimum absolute atomic E-state index is 0.270. The molecule has 0 spiro atoms. The summed E-state index contributed by atoms with van der Waals surface area (Å²) >= 11 is 0. The molecule has 2 aliphatic rings. The van der Waals surface area contributed by atoms with Crippen LogP contribution in [-0.4, -0.2) is 43.7 Å². The van der Waals surface area contributed by atoms with Gasteiger partial charge in [0, 0.05) is 37.8 Å². The normalized spacial score (nSPS) is 26.9. The molecule has 106 valence electrons. The predicted molar refractivity (Wildman–Crippen MR) is 74.3 cm³/mol. The zero-order valence-corrected chi connectivity index (χ0v) is 11.5. The van der Waals surface area contributed by atoms with Crippen LogP contribution in [0, 0.1) is 19.3 Å². The van der Waals surface area contributed by atoms with Gasteiger partial charge in [-0.15, -0.1) is 0 Å². The number of aryl methyl sites for hydroxylation is 1. The van der Waals surface area contributed by atoms with Crippen LogP contribution in [-0.2, 0) is 4.74 Å². The van der Waals surface area contributed by atoms with Crippen LogP contribution in [0.1, 0.15) is 17.2 Å². The largest absolute Gasteiger partial charge is 0.370 e. The summed E-state index contributed by atoms with van der Waals surface area (Å²) in [6, 6.07) is 3.47. The molecule has 0 radical (unpaired) electrons. The maximum absolute atomic E-state index is 14.2. The first-order valence-electron chi connectivity index (χ1n) is 6.93. The van der Waals surface area contributed by atoms with E-state index in [1.807, 2.05) is 0 Å². The molecule has 1 N–H and O–H groups in total. The number of fused-ring (bicyclic) bond motifs is 1. The Kier molecular flexibility index (Phi) is 3.70. The van der Waals surface area contributed by atoms with E-state index in [2.05, 4.69) is 15.1 Å². The highest BCUT2D eigenvalue weighted by Crippen LogP contribution is 2.31. The molecule has 0 unspecified atom stereocenters. The molecule has 2 aliphatic heterocycles. The van der Waals surface area contributed by atoms with Gasteiger partial charge < -0.3 is 10.1 Å². The molecule has 0 aliphatic carbocycles. The van der Waals surface area contributed by atoms with Crippen molar-refractivity contribution in [3.8, 4) is 0 Å². The molecule has 2 heterocycles. The van der Waals surface area contributed by atoms with E-state index >= 15 is 0 Å². The van der Waals surface area contributed by atoms with E-state index in [1.165, 1.54) is 6.07 Å². The number of ether oxygens (including phenoxy) is 1. The Labute approximate surface area is 118 Å². The standard InChI is InChI=1S/C15H18FN3O/c1-10-5-13(16)12(6-14(10)17-2)15-8-19-4-3-18-7-11(19)9-20-15/h5-6,11,15,18H,3-4,7-9H2,1H3/t11-,15-/m0/s1. The Morgan fingerprint density at radius 1 is 1.50 bits per heavy atom. The molecule has 2 atom stereocenters. The van der Waals surface area contributed by atoms with Gasteiger partial charge in [-0.05, 0) is 24.6 Å². The van der Waals surface area contributed by atoms with Crippen molar-refractivity contribution in [3.05, 3.63) is 40.5 Å². The lowest BCUT2D eigenvalue weighted by atomic mass is 10.0. The van der Waals surface area contributed by atoms with Crippen LogP contribution in [0.3, 0.4) is 0 Å². The van der Waals surface area contributed by atoms with Crippen molar-refractivity contribution >= 4 is 5.69 Å². The fourth-order valence-electron chi connectivity index (χ4n) is 2.93. The van der Waals surface area contributed by atoms with Crippen molar-refractivity contribution in [1.29, 1.82) is 0 Å². The fraction of sp³-hybridized carbons (Fsp3) is 0.533. The van der Waals surface area contributed by atoms with Crippen molar-refractivity contribution in [2.24, 2.45) is 0 Å². The Morgan fingerprint density at radius 2 is 2.35 bits per heavy atom. The molecule has 0 amide bonds. The average molecular weight is 275 g/mol. The van der Waals surface area contributed by atoms with Gasteiger partial charge in [-0.2, -0.15) is 0 Å². The second-order valence-corrected chi connectivity index (χ2v) is 5.45. The zero-order valence-electron chi connectivity index (χ0n) is 11.5. The molecule has 2 fully saturated rings. The van der Waals surface area contributed by atoms with Crippen LogP contribution >= 0.6 is 0 Å². The van der Waals surface area contributed by atoms with Crippen LogP contribution in [0.25, 0.3) is 4.85 Å². The quantitative estimate of drug-likeness (QED) is 0.795. The highest BCUT2D eigenvalue weighted by Gasteiger charge is 2.32. The van der Waals surface area contributed by atoms with Gasteiger partial charge >= 0.3 is 0 Å². The Balaban J connectivity index is 1.85. The lowest BCUT2D eigenvalue weighted by Gasteiger charge is -2.42. The molecule has 5 heteroatoms. The molecule has 1 aromatic carbocycles. The molecule has 4 nitrogen and oxygen atoms in total. The highest BCUT2D eigenvalue weighted by molar-refractivity contribution is 5.54. The molecule has 20 heavy (non-hydrogen) atoms. The molecule has 0 bridgehead atoms. The van der Waals surface area contributed by atoms with E-state index in [9.17, 15) is 4.39 Å². The molecule has 2 saturated heterocycles. The predicted octanol–water partition coefficient (Wildman–Crippen LogP) is 2.03. The average Bonchev–Trinajstić information content (AvgIpc) is 2.47. The van der Waals surface area contributed by atoms with Gasteiger partial charge in [0.05, 0.1) is 19.3 Å². The van der Waals surface area contributed by atoms with Gasteiger partial charge in [-0.3, -0.25) is 4.90 Å². The van der Waals surface area contributed by atoms with E-state index in [0.717, 1.165) is 19.6 Å². The molecule has 0 saturated carbocycles. The number of hydrogen-bond donors (Lipinski definition) is 1. The lowest BCUT2D eigenvalue weighted by molar-refractivity contribution is -0.0729. The topological polar surface area (TPSA) is 28.9 Å². The fourth-order valence-corrected chi connectivity index (χ4v) is 2.93. The minimum atomic E-state index is -0.273. The van der Waals surface area contributed by atoms with Gasteiger partial charge in [0.2, 0.25) is 0 Å². The number of nitrogens with zero attached hydrogens (tertiary/aromatic N) is 2. The number of benzene rings is 1. The van der Waals surface area contributed by atoms with Gasteiger partial charge in [0.1, 0.15) is 5.82 Å². The molecular weight excluding hydrogens is 257 g/mol. The van der Waals surface area contributed by atoms with Gasteiger partial charge in [0.25, 0.3) is 0 Å². The number of hydrogen-bond acceptors (Lipinski definition) is 3. The Hall–Kier alpha value is -1.48. The molecule has 3 rings (SSSR count). The number of nitrogens with one attached hydrogen (secondary N) is 1. The third-order valence-corrected chi connectivity index (χ3v) is 4.14. The van der Waals surface area contributed by atoms with Crippen LogP contribution in [0.4, 0.5) is 10.1 Å². The number of rotatable bonds is 1. The van der Waals surface area contributed by atoms with Crippen LogP contribution < -0.4 is 5.32 Å². The summed E-state index contributed by atoms with van der Waals surface area (Å²) in [7, 11) is 0. The second kappa shape index (κ2) is 5.49. The first kappa shape index (κ1) is 13.5. The Bertz CT molecular complexity index is 555. The summed E-state index contributed by atoms with van der Waals surface area (Å²) in [6.45, 7) is 13.1. The number of piperazine rings is 1. The third-order valence-electron chi connectivity index (χ3n) is 4.14. The van der Waals surface area contributed by atoms with Crippen molar-refractivity contribution in [2.45, 2.75) is 19.1 Å². The SMILES string of the molecule is [C-]#[N+]c1cc([C@@H]2CN3CCNC[C@H]3CO2)c(F)cc1C. The minimum Gasteiger partial charge on any atom is -0.370 e. The third kappa shape index (κ3) is 2.42. The highest BCUT2D eigenvalue weighted by atomic mass is 19.1. The van der Waals surface area contributed by atoms with E-state index in [-0.39, 0.29) is 11.9 Å². The summed E-state index contributed by atoms with van der Waals surface area (Å²) in [5, 5.41) is 3.34. The second-order valence-electron chi connectivity index (χ2n) is 5.45. The van der Waals surface area contributed by atoms with Gasteiger partial charge in [-0.1, -0.05) is 0 Å². The van der Waals surface area contributed by atoms with Crippen molar-refractivity contribution in [1.82, 2.24) is 10.2 Å². The maximum Gasteiger partial charge on any atom is 0.190 e. The van der Waals surface area contributed by atoms with E-state index in [0.29, 0.717) is 36.0 Å². The number of halogens is 1. The Morgan fingerprint density at radius 3 is 3.15 bits per heavy atom. The zero-order chi connectivity index (χ0) is 14.1. The van der Waals surface area contributed by atoms with E-state index in [1.54, 1.807) is 13.0 Å². The van der Waals surface area contributed by atoms with Crippen LogP contribution in [0.15, 0.2) is 12.1 Å². The summed E-state index contributed by atoms with van der Waals surface area (Å²) < 4.78 is 20.0. The smallest absolute Gasteiger partial charge is 0.190 e. The summed E-state index contributed by atoms with van der Waals surface area (Å²) in [5.41, 5.74) is 1.70. The molecular formula is C15H18FN3O. The van der Waals surface area contributed by atoms with E-state index in [4.69, 9.17) is 11.3 Å². The summed E-state index contributed by atoms with van der Waals surface area (Å²) in [6.07, 6.45) is -0.273. The van der Waals surface area contributed by atoms with Gasteiger partial charge in [-0.25, -0.2) is 9.24 Å². The molecule has 1 aromatic rings. The lowest BCUT2D eigenvalue weighted by Crippen LogP contribution is -2.57. The van der Waals surface area contributed by atoms with Crippen molar-refractivity contribution in [3.63, 3.8) is 0 Å². The van der Waals surface area contributed by atoms with Crippen LogP contribution in [0.5, 0.6) is 0 Å². The van der Waals surface area contributed by atoms with Crippen molar-refractivity contribution in [2.75, 3.05) is 32.8 Å².